The molecule has 12 heteroatoms. The van der Waals surface area contributed by atoms with Crippen molar-refractivity contribution >= 4 is 27.8 Å². The van der Waals surface area contributed by atoms with Gasteiger partial charge in [0, 0.05) is 24.8 Å². The molecule has 1 rings (SSSR count). The number of aliphatic imine (C=N–C) groups is 1. The monoisotopic (exact) mass is 444 g/mol. The van der Waals surface area contributed by atoms with Gasteiger partial charge in [-0.05, 0) is 19.4 Å². The zero-order chi connectivity index (χ0) is 23.1. The Bertz CT molecular complexity index is 893. The number of sulfonamides is 1. The van der Waals surface area contributed by atoms with Crippen LogP contribution in [0.4, 0.5) is 5.69 Å². The van der Waals surface area contributed by atoms with Crippen molar-refractivity contribution in [1.82, 2.24) is 4.31 Å². The second kappa shape index (κ2) is 10.3. The number of carbonyl (C=O) groups is 1. The molecule has 0 aromatic heterocycles. The first-order valence-corrected chi connectivity index (χ1v) is 10.5. The van der Waals surface area contributed by atoms with Gasteiger partial charge in [0.2, 0.25) is 0 Å². The fourth-order valence-electron chi connectivity index (χ4n) is 2.45. The summed E-state index contributed by atoms with van der Waals surface area (Å²) in [4.78, 5) is 25.6. The second-order valence-electron chi connectivity index (χ2n) is 7.26. The van der Waals surface area contributed by atoms with Crippen molar-refractivity contribution in [2.24, 2.45) is 4.99 Å². The molecule has 0 spiro atoms. The van der Waals surface area contributed by atoms with Crippen molar-refractivity contribution in [3.63, 3.8) is 0 Å². The van der Waals surface area contributed by atoms with Gasteiger partial charge >= 0.3 is 5.97 Å². The Morgan fingerprint density at radius 1 is 1.30 bits per heavy atom. The summed E-state index contributed by atoms with van der Waals surface area (Å²) in [5.74, 6) is -0.832. The Balaban J connectivity index is 3.15. The molecule has 0 amide bonds. The van der Waals surface area contributed by atoms with E-state index in [0.717, 1.165) is 23.5 Å². The van der Waals surface area contributed by atoms with E-state index >= 15 is 0 Å². The van der Waals surface area contributed by atoms with Crippen LogP contribution < -0.4 is 5.11 Å². The third-order valence-electron chi connectivity index (χ3n) is 3.79. The second-order valence-corrected chi connectivity index (χ2v) is 9.11. The lowest BCUT2D eigenvalue weighted by molar-refractivity contribution is -0.387. The molecule has 0 saturated carbocycles. The molecule has 1 unspecified atom stereocenters. The summed E-state index contributed by atoms with van der Waals surface area (Å²) < 4.78 is 36.7. The third-order valence-corrected chi connectivity index (χ3v) is 5.81. The highest BCUT2D eigenvalue weighted by Gasteiger charge is 2.37. The number of esters is 1. The summed E-state index contributed by atoms with van der Waals surface area (Å²) >= 11 is 0. The van der Waals surface area contributed by atoms with Crippen LogP contribution in [-0.4, -0.2) is 61.5 Å². The molecule has 0 aliphatic heterocycles. The van der Waals surface area contributed by atoms with Crippen LogP contribution in [0.25, 0.3) is 0 Å². The Labute approximate surface area is 175 Å². The van der Waals surface area contributed by atoms with Crippen LogP contribution in [0.1, 0.15) is 34.1 Å². The van der Waals surface area contributed by atoms with E-state index in [-0.39, 0.29) is 19.5 Å². The summed E-state index contributed by atoms with van der Waals surface area (Å²) in [6, 6.07) is 3.59. The summed E-state index contributed by atoms with van der Waals surface area (Å²) in [5, 5.41) is 22.9. The SMILES string of the molecule is COC(=O)C(C)N(CCCN=C([O-])OC(C)(C)C)S(=O)(=O)c1ccccc1[N+](=O)[O-]. The lowest BCUT2D eigenvalue weighted by atomic mass is 10.2. The first-order valence-electron chi connectivity index (χ1n) is 9.05. The highest BCUT2D eigenvalue weighted by atomic mass is 32.2. The van der Waals surface area contributed by atoms with Gasteiger partial charge in [-0.15, -0.1) is 0 Å². The maximum atomic E-state index is 13.1. The predicted molar refractivity (Wildman–Crippen MR) is 106 cm³/mol. The molecule has 30 heavy (non-hydrogen) atoms. The first-order chi connectivity index (χ1) is 13.8. The molecule has 1 atom stereocenters. The number of methoxy groups -OCH3 is 1. The molecule has 11 nitrogen and oxygen atoms in total. The molecule has 0 radical (unpaired) electrons. The molecule has 1 aromatic rings. The van der Waals surface area contributed by atoms with Gasteiger partial charge in [0.25, 0.3) is 15.7 Å². The summed E-state index contributed by atoms with van der Waals surface area (Å²) in [5.41, 5.74) is -1.33. The van der Waals surface area contributed by atoms with Gasteiger partial charge in [-0.1, -0.05) is 32.9 Å². The minimum atomic E-state index is -4.43. The van der Waals surface area contributed by atoms with Crippen LogP contribution in [0.3, 0.4) is 0 Å². The number of benzene rings is 1. The van der Waals surface area contributed by atoms with Gasteiger partial charge in [-0.25, -0.2) is 8.42 Å². The van der Waals surface area contributed by atoms with Crippen molar-refractivity contribution < 1.29 is 32.7 Å². The molecule has 0 saturated heterocycles. The summed E-state index contributed by atoms with van der Waals surface area (Å²) in [6.07, 6.45) is -0.725. The normalized spacial score (nSPS) is 13.7. The fraction of sp³-hybridized carbons (Fsp3) is 0.556. The van der Waals surface area contributed by atoms with Gasteiger partial charge in [0.15, 0.2) is 4.90 Å². The standard InChI is InChI=1S/C18H27N3O8S/c1-13(16(22)28-5)20(12-8-11-19-17(23)29-18(2,3)4)30(26,27)15-10-7-6-9-14(15)21(24)25/h6-7,9-10,13H,8,11-12H2,1-5H3,(H,19,23)/p-1. The van der Waals surface area contributed by atoms with E-state index in [1.165, 1.54) is 19.1 Å². The molecule has 0 aliphatic rings. The lowest BCUT2D eigenvalue weighted by Crippen LogP contribution is -2.44. The smallest absolute Gasteiger partial charge is 0.323 e. The van der Waals surface area contributed by atoms with Crippen molar-refractivity contribution in [1.29, 1.82) is 0 Å². The molecule has 0 fully saturated rings. The van der Waals surface area contributed by atoms with Crippen molar-refractivity contribution in [3.05, 3.63) is 34.4 Å². The van der Waals surface area contributed by atoms with Gasteiger partial charge < -0.3 is 14.6 Å². The van der Waals surface area contributed by atoms with Crippen LogP contribution in [0.2, 0.25) is 0 Å². The maximum absolute atomic E-state index is 13.1. The van der Waals surface area contributed by atoms with E-state index in [2.05, 4.69) is 9.73 Å². The van der Waals surface area contributed by atoms with Crippen LogP contribution in [-0.2, 0) is 24.3 Å². The number of nitrogens with zero attached hydrogens (tertiary/aromatic N) is 3. The molecular formula is C18H26N3O8S-. The summed E-state index contributed by atoms with van der Waals surface area (Å²) in [7, 11) is -3.32. The highest BCUT2D eigenvalue weighted by molar-refractivity contribution is 7.89. The average Bonchev–Trinajstić information content (AvgIpc) is 2.65. The molecule has 0 bridgehead atoms. The lowest BCUT2D eigenvalue weighted by Gasteiger charge is -2.29. The van der Waals surface area contributed by atoms with E-state index in [4.69, 9.17) is 4.74 Å². The largest absolute Gasteiger partial charge is 0.595 e. The predicted octanol–water partition coefficient (Wildman–Crippen LogP) is 1.07. The minimum Gasteiger partial charge on any atom is -0.595 e. The zero-order valence-electron chi connectivity index (χ0n) is 17.5. The molecule has 1 aromatic carbocycles. The van der Waals surface area contributed by atoms with E-state index in [9.17, 15) is 28.4 Å². The number of para-hydroxylation sites is 1. The number of hydrogen-bond donors (Lipinski definition) is 0. The van der Waals surface area contributed by atoms with Gasteiger partial charge in [-0.3, -0.25) is 19.9 Å². The number of nitro groups is 1. The summed E-state index contributed by atoms with van der Waals surface area (Å²) in [6.45, 7) is 6.06. The van der Waals surface area contributed by atoms with Crippen LogP contribution >= 0.6 is 0 Å². The van der Waals surface area contributed by atoms with Crippen molar-refractivity contribution in [2.75, 3.05) is 20.2 Å². The van der Waals surface area contributed by atoms with Gasteiger partial charge in [0.1, 0.15) is 12.1 Å². The van der Waals surface area contributed by atoms with Crippen LogP contribution in [0.15, 0.2) is 34.2 Å². The number of nitro benzene ring substituents is 1. The maximum Gasteiger partial charge on any atom is 0.323 e. The minimum absolute atomic E-state index is 0.0638. The Morgan fingerprint density at radius 2 is 1.90 bits per heavy atom. The molecule has 168 valence electrons. The fourth-order valence-corrected chi connectivity index (χ4v) is 4.24. The molecular weight excluding hydrogens is 418 g/mol. The number of carbonyl (C=O) groups excluding carboxylic acids is 1. The van der Waals surface area contributed by atoms with Crippen molar-refractivity contribution in [3.8, 4) is 0 Å². The van der Waals surface area contributed by atoms with Gasteiger partial charge in [0.05, 0.1) is 12.0 Å². The third kappa shape index (κ3) is 6.95. The van der Waals surface area contributed by atoms with Gasteiger partial charge in [-0.2, -0.15) is 4.31 Å². The van der Waals surface area contributed by atoms with E-state index in [1.807, 2.05) is 0 Å². The number of hydrogen-bond acceptors (Lipinski definition) is 9. The van der Waals surface area contributed by atoms with E-state index in [0.29, 0.717) is 0 Å². The average molecular weight is 444 g/mol. The number of ether oxygens (including phenoxy) is 2. The van der Waals surface area contributed by atoms with E-state index in [1.54, 1.807) is 20.8 Å². The van der Waals surface area contributed by atoms with E-state index < -0.39 is 49.2 Å². The highest BCUT2D eigenvalue weighted by Crippen LogP contribution is 2.27. The topological polar surface area (TPSA) is 151 Å². The molecule has 0 aliphatic carbocycles. The molecule has 0 N–H and O–H groups in total. The van der Waals surface area contributed by atoms with Crippen LogP contribution in [0, 0.1) is 10.1 Å². The zero-order valence-corrected chi connectivity index (χ0v) is 18.3. The Morgan fingerprint density at radius 3 is 2.43 bits per heavy atom. The number of rotatable bonds is 9. The quantitative estimate of drug-likeness (QED) is 0.137. The van der Waals surface area contributed by atoms with Crippen LogP contribution in [0.5, 0.6) is 0 Å². The Kier molecular flexibility index (Phi) is 8.73. The first kappa shape index (κ1) is 25.3. The Hall–Kier alpha value is -2.73. The molecule has 0 heterocycles. The van der Waals surface area contributed by atoms with Crippen molar-refractivity contribution in [2.45, 2.75) is 50.7 Å².